The second-order valence-electron chi connectivity index (χ2n) is 11.3. The van der Waals surface area contributed by atoms with Crippen LogP contribution in [0, 0.1) is 5.92 Å². The molecule has 2 aromatic carbocycles. The summed E-state index contributed by atoms with van der Waals surface area (Å²) in [5, 5.41) is 14.0. The number of fused-ring (bicyclic) bond motifs is 3. The van der Waals surface area contributed by atoms with E-state index in [4.69, 9.17) is 23.2 Å². The zero-order valence-electron chi connectivity index (χ0n) is 23.5. The summed E-state index contributed by atoms with van der Waals surface area (Å²) < 4.78 is 29.1. The Bertz CT molecular complexity index is 1630. The summed E-state index contributed by atoms with van der Waals surface area (Å²) in [6.07, 6.45) is 0.970. The molecule has 2 saturated heterocycles. The quantitative estimate of drug-likeness (QED) is 0.303. The summed E-state index contributed by atoms with van der Waals surface area (Å²) in [5.41, 5.74) is 0. The van der Waals surface area contributed by atoms with Gasteiger partial charge in [0.25, 0.3) is 5.91 Å². The van der Waals surface area contributed by atoms with Crippen LogP contribution in [-0.2, 0) is 19.6 Å². The number of thiophene rings is 1. The Kier molecular flexibility index (Phi) is 9.36. The van der Waals surface area contributed by atoms with Gasteiger partial charge in [-0.2, -0.15) is 4.72 Å². The molecule has 0 aliphatic carbocycles. The Hall–Kier alpha value is -2.74. The fourth-order valence-electron chi connectivity index (χ4n) is 5.73. The maximum absolute atomic E-state index is 13.7. The number of carbonyl (C=O) groups is 3. The van der Waals surface area contributed by atoms with E-state index in [1.165, 1.54) is 34.4 Å². The van der Waals surface area contributed by atoms with Crippen LogP contribution in [0.4, 0.5) is 0 Å². The van der Waals surface area contributed by atoms with Crippen LogP contribution in [0.1, 0.15) is 36.4 Å². The summed E-state index contributed by atoms with van der Waals surface area (Å²) in [7, 11) is -4.25. The molecule has 5 rings (SSSR count). The summed E-state index contributed by atoms with van der Waals surface area (Å²) in [5.74, 6) is -0.964. The second kappa shape index (κ2) is 12.7. The van der Waals surface area contributed by atoms with E-state index in [0.717, 1.165) is 10.1 Å². The van der Waals surface area contributed by atoms with Crippen molar-refractivity contribution in [3.05, 3.63) is 63.5 Å². The summed E-state index contributed by atoms with van der Waals surface area (Å²) in [6.45, 7) is 3.63. The maximum atomic E-state index is 13.7. The fourth-order valence-corrected chi connectivity index (χ4v) is 8.65. The van der Waals surface area contributed by atoms with Gasteiger partial charge in [-0.1, -0.05) is 55.2 Å². The zero-order valence-corrected chi connectivity index (χ0v) is 26.6. The summed E-state index contributed by atoms with van der Waals surface area (Å²) >= 11 is 13.3. The molecule has 3 aromatic rings. The van der Waals surface area contributed by atoms with Crippen LogP contribution in [0.15, 0.2) is 53.4 Å². The molecule has 14 heteroatoms. The third-order valence-electron chi connectivity index (χ3n) is 7.73. The summed E-state index contributed by atoms with van der Waals surface area (Å²) in [4.78, 5) is 43.8. The average Bonchev–Trinajstić information content (AvgIpc) is 3.69. The van der Waals surface area contributed by atoms with E-state index in [2.05, 4.69) is 10.0 Å². The minimum absolute atomic E-state index is 0.117. The number of carbonyl (C=O) groups excluding carboxylic acids is 3. The highest BCUT2D eigenvalue weighted by Crippen LogP contribution is 2.33. The lowest BCUT2D eigenvalue weighted by Gasteiger charge is -2.37. The lowest BCUT2D eigenvalue weighted by Crippen LogP contribution is -2.59. The first-order chi connectivity index (χ1) is 20.4. The fraction of sp³-hybridized carbons (Fsp3) is 0.414. The maximum Gasteiger partial charge on any atom is 0.262 e. The van der Waals surface area contributed by atoms with E-state index in [9.17, 15) is 27.9 Å². The number of sulfonamides is 1. The highest BCUT2D eigenvalue weighted by molar-refractivity contribution is 7.89. The van der Waals surface area contributed by atoms with Crippen LogP contribution in [0.25, 0.3) is 10.1 Å². The third kappa shape index (κ3) is 6.69. The number of likely N-dealkylation sites (tertiary alicyclic amines) is 2. The number of nitrogens with zero attached hydrogens (tertiary/aromatic N) is 2. The molecular weight excluding hydrogens is 635 g/mol. The molecule has 3 amide bonds. The number of aliphatic hydroxyl groups is 1. The highest BCUT2D eigenvalue weighted by atomic mass is 35.5. The molecule has 2 fully saturated rings. The predicted octanol–water partition coefficient (Wildman–Crippen LogP) is 3.50. The van der Waals surface area contributed by atoms with Gasteiger partial charge < -0.3 is 20.2 Å². The number of hydrogen-bond acceptors (Lipinski definition) is 7. The van der Waals surface area contributed by atoms with E-state index < -0.39 is 34.6 Å². The van der Waals surface area contributed by atoms with Gasteiger partial charge >= 0.3 is 0 Å². The van der Waals surface area contributed by atoms with Crippen molar-refractivity contribution in [2.75, 3.05) is 19.7 Å². The van der Waals surface area contributed by atoms with Crippen molar-refractivity contribution in [3.8, 4) is 0 Å². The Labute approximate surface area is 264 Å². The number of amides is 3. The largest absolute Gasteiger partial charge is 0.394 e. The van der Waals surface area contributed by atoms with Crippen LogP contribution < -0.4 is 10.0 Å². The molecule has 1 unspecified atom stereocenters. The molecule has 4 atom stereocenters. The van der Waals surface area contributed by atoms with E-state index in [1.54, 1.807) is 4.90 Å². The van der Waals surface area contributed by atoms with Crippen molar-refractivity contribution in [1.29, 1.82) is 0 Å². The molecule has 1 aromatic heterocycles. The van der Waals surface area contributed by atoms with Crippen molar-refractivity contribution in [3.63, 3.8) is 0 Å². The van der Waals surface area contributed by atoms with Gasteiger partial charge in [0.15, 0.2) is 0 Å². The number of halogens is 2. The molecule has 230 valence electrons. The van der Waals surface area contributed by atoms with Gasteiger partial charge in [0, 0.05) is 22.8 Å². The number of benzene rings is 2. The normalized spacial score (nSPS) is 19.7. The Balaban J connectivity index is 1.25. The molecule has 0 saturated carbocycles. The molecule has 0 spiro atoms. The first kappa shape index (κ1) is 31.7. The standard InChI is InChI=1S/C29H32Cl2N4O6S2/c1-16(2)9-22(32-27(37)25-10-17-5-3-4-6-24(17)42-25)28(38)34-13-20-12-19(34)14-35(20)29(39)23(15-36)33-43(40,41)26-8-7-18(30)11-21(26)31/h3-8,10-11,16,19-20,22-23,33,36H,9,12-15H2,1-2H3,(H,32,37)/t19-,20-,22?,23-/m0/s1. The van der Waals surface area contributed by atoms with Crippen LogP contribution >= 0.6 is 34.5 Å². The average molecular weight is 668 g/mol. The highest BCUT2D eigenvalue weighted by Gasteiger charge is 2.49. The van der Waals surface area contributed by atoms with Crippen LogP contribution in [0.2, 0.25) is 10.0 Å². The van der Waals surface area contributed by atoms with Gasteiger partial charge in [-0.25, -0.2) is 8.42 Å². The minimum Gasteiger partial charge on any atom is -0.394 e. The van der Waals surface area contributed by atoms with Crippen molar-refractivity contribution in [1.82, 2.24) is 19.8 Å². The zero-order chi connectivity index (χ0) is 31.1. The topological polar surface area (TPSA) is 136 Å². The van der Waals surface area contributed by atoms with Gasteiger partial charge in [-0.3, -0.25) is 14.4 Å². The third-order valence-corrected chi connectivity index (χ3v) is 11.0. The molecule has 3 heterocycles. The number of nitrogens with one attached hydrogen (secondary N) is 2. The Morgan fingerprint density at radius 1 is 1.00 bits per heavy atom. The number of aliphatic hydroxyl groups excluding tert-OH is 1. The van der Waals surface area contributed by atoms with Crippen molar-refractivity contribution >= 4 is 72.4 Å². The lowest BCUT2D eigenvalue weighted by molar-refractivity contribution is -0.142. The molecule has 0 radical (unpaired) electrons. The number of hydrogen-bond donors (Lipinski definition) is 3. The first-order valence-corrected chi connectivity index (χ1v) is 16.9. The molecule has 43 heavy (non-hydrogen) atoms. The number of piperazine rings is 1. The smallest absolute Gasteiger partial charge is 0.262 e. The monoisotopic (exact) mass is 666 g/mol. The van der Waals surface area contributed by atoms with Crippen molar-refractivity contribution in [2.45, 2.75) is 55.8 Å². The van der Waals surface area contributed by atoms with Crippen LogP contribution in [-0.4, -0.2) is 84.9 Å². The van der Waals surface area contributed by atoms with Gasteiger partial charge in [0.2, 0.25) is 21.8 Å². The number of rotatable bonds is 10. The minimum atomic E-state index is -4.25. The van der Waals surface area contributed by atoms with E-state index >= 15 is 0 Å². The van der Waals surface area contributed by atoms with Crippen molar-refractivity contribution < 1.29 is 27.9 Å². The molecular formula is C29H32Cl2N4O6S2. The van der Waals surface area contributed by atoms with E-state index in [1.807, 2.05) is 44.2 Å². The lowest BCUT2D eigenvalue weighted by atomic mass is 10.0. The molecule has 2 bridgehead atoms. The van der Waals surface area contributed by atoms with Crippen LogP contribution in [0.5, 0.6) is 0 Å². The Morgan fingerprint density at radius 3 is 2.23 bits per heavy atom. The molecule has 3 N–H and O–H groups in total. The van der Waals surface area contributed by atoms with Crippen LogP contribution in [0.3, 0.4) is 0 Å². The molecule has 2 aliphatic rings. The van der Waals surface area contributed by atoms with Gasteiger partial charge in [0.05, 0.1) is 28.6 Å². The molecule has 2 aliphatic heterocycles. The predicted molar refractivity (Wildman–Crippen MR) is 166 cm³/mol. The first-order valence-electron chi connectivity index (χ1n) is 13.9. The summed E-state index contributed by atoms with van der Waals surface area (Å²) in [6, 6.07) is 10.6. The van der Waals surface area contributed by atoms with E-state index in [-0.39, 0.29) is 57.8 Å². The SMILES string of the molecule is CC(C)CC(NC(=O)c1cc2ccccc2s1)C(=O)N1C[C@@H]2C[C@H]1CN2C(=O)[C@H](CO)NS(=O)(=O)c1ccc(Cl)cc1Cl. The molecule has 10 nitrogen and oxygen atoms in total. The second-order valence-corrected chi connectivity index (χ2v) is 14.9. The van der Waals surface area contributed by atoms with Crippen molar-refractivity contribution in [2.24, 2.45) is 5.92 Å². The van der Waals surface area contributed by atoms with Gasteiger partial charge in [-0.05, 0) is 54.5 Å². The van der Waals surface area contributed by atoms with Gasteiger partial charge in [0.1, 0.15) is 17.0 Å². The van der Waals surface area contributed by atoms with E-state index in [0.29, 0.717) is 17.7 Å². The Morgan fingerprint density at radius 2 is 1.65 bits per heavy atom. The van der Waals surface area contributed by atoms with Gasteiger partial charge in [-0.15, -0.1) is 11.3 Å².